The summed E-state index contributed by atoms with van der Waals surface area (Å²) in [6.07, 6.45) is 5.73. The van der Waals surface area contributed by atoms with Crippen LogP contribution in [0.15, 0.2) is 16.9 Å². The summed E-state index contributed by atoms with van der Waals surface area (Å²) in [5.41, 5.74) is 6.88. The van der Waals surface area contributed by atoms with Gasteiger partial charge in [-0.3, -0.25) is 0 Å². The van der Waals surface area contributed by atoms with Gasteiger partial charge in [-0.15, -0.1) is 0 Å². The molecule has 0 spiro atoms. The summed E-state index contributed by atoms with van der Waals surface area (Å²) >= 11 is 3.33. The second kappa shape index (κ2) is 5.70. The Kier molecular flexibility index (Phi) is 4.55. The van der Waals surface area contributed by atoms with Crippen molar-refractivity contribution in [3.05, 3.63) is 33.9 Å². The molecular formula is C10H14BrN3O. The Morgan fingerprint density at radius 1 is 1.53 bits per heavy atom. The molecule has 1 aromatic rings. The number of hydrogen-bond donors (Lipinski definition) is 2. The molecule has 5 heteroatoms. The maximum absolute atomic E-state index is 11.1. The third-order valence-electron chi connectivity index (χ3n) is 2.08. The smallest absolute Gasteiger partial charge is 0.347 e. The van der Waals surface area contributed by atoms with Gasteiger partial charge in [0.2, 0.25) is 0 Å². The second-order valence-electron chi connectivity index (χ2n) is 3.18. The van der Waals surface area contributed by atoms with Crippen LogP contribution in [0.4, 0.5) is 5.82 Å². The minimum absolute atomic E-state index is 0.308. The SMILES string of the molecule is Cc1c(N)nc(=O)[nH]c1CC=CCCBr. The number of aromatic amines is 1. The largest absolute Gasteiger partial charge is 0.383 e. The highest BCUT2D eigenvalue weighted by molar-refractivity contribution is 9.09. The van der Waals surface area contributed by atoms with E-state index < -0.39 is 0 Å². The van der Waals surface area contributed by atoms with Crippen molar-refractivity contribution in [3.8, 4) is 0 Å². The quantitative estimate of drug-likeness (QED) is 0.645. The fraction of sp³-hybridized carbons (Fsp3) is 0.400. The highest BCUT2D eigenvalue weighted by Gasteiger charge is 2.03. The molecule has 0 aliphatic carbocycles. The number of H-pyrrole nitrogens is 1. The molecule has 0 aliphatic heterocycles. The standard InChI is InChI=1S/C10H14BrN3O/c1-7-8(5-3-2-4-6-11)13-10(15)14-9(7)12/h2-3H,4-6H2,1H3,(H3,12,13,14,15). The number of nitrogens with two attached hydrogens (primary N) is 1. The van der Waals surface area contributed by atoms with Gasteiger partial charge in [0.15, 0.2) is 0 Å². The van der Waals surface area contributed by atoms with E-state index in [0.29, 0.717) is 12.2 Å². The number of halogens is 1. The van der Waals surface area contributed by atoms with E-state index in [9.17, 15) is 4.79 Å². The third-order valence-corrected chi connectivity index (χ3v) is 2.54. The molecule has 1 rings (SSSR count). The van der Waals surface area contributed by atoms with Crippen LogP contribution in [0.2, 0.25) is 0 Å². The molecule has 0 atom stereocenters. The van der Waals surface area contributed by atoms with Crippen LogP contribution in [-0.4, -0.2) is 15.3 Å². The molecule has 0 aliphatic rings. The normalized spacial score (nSPS) is 11.1. The van der Waals surface area contributed by atoms with Crippen molar-refractivity contribution in [2.45, 2.75) is 19.8 Å². The van der Waals surface area contributed by atoms with E-state index in [2.05, 4.69) is 32.0 Å². The highest BCUT2D eigenvalue weighted by Crippen LogP contribution is 2.09. The maximum atomic E-state index is 11.1. The predicted octanol–water partition coefficient (Wildman–Crippen LogP) is 1.54. The van der Waals surface area contributed by atoms with Gasteiger partial charge in [0, 0.05) is 23.0 Å². The van der Waals surface area contributed by atoms with E-state index in [4.69, 9.17) is 5.73 Å². The number of nitrogen functional groups attached to an aromatic ring is 1. The first-order chi connectivity index (χ1) is 7.15. The Hall–Kier alpha value is -1.10. The van der Waals surface area contributed by atoms with Gasteiger partial charge in [-0.2, -0.15) is 4.98 Å². The van der Waals surface area contributed by atoms with Crippen molar-refractivity contribution in [3.63, 3.8) is 0 Å². The molecule has 3 N–H and O–H groups in total. The van der Waals surface area contributed by atoms with Crippen LogP contribution in [0.5, 0.6) is 0 Å². The number of anilines is 1. The molecule has 0 amide bonds. The van der Waals surface area contributed by atoms with Gasteiger partial charge >= 0.3 is 5.69 Å². The number of nitrogens with one attached hydrogen (secondary N) is 1. The second-order valence-corrected chi connectivity index (χ2v) is 3.98. The van der Waals surface area contributed by atoms with Gasteiger partial charge in [-0.1, -0.05) is 28.1 Å². The Balaban J connectivity index is 2.81. The zero-order chi connectivity index (χ0) is 11.3. The van der Waals surface area contributed by atoms with E-state index in [1.54, 1.807) is 0 Å². The zero-order valence-electron chi connectivity index (χ0n) is 8.59. The fourth-order valence-electron chi connectivity index (χ4n) is 1.18. The summed E-state index contributed by atoms with van der Waals surface area (Å²) in [6, 6.07) is 0. The molecule has 1 aromatic heterocycles. The van der Waals surface area contributed by atoms with Crippen molar-refractivity contribution in [2.24, 2.45) is 0 Å². The first-order valence-corrected chi connectivity index (χ1v) is 5.83. The van der Waals surface area contributed by atoms with E-state index in [1.807, 2.05) is 13.0 Å². The van der Waals surface area contributed by atoms with Gasteiger partial charge in [-0.05, 0) is 13.3 Å². The lowest BCUT2D eigenvalue weighted by Crippen LogP contribution is -2.16. The maximum Gasteiger partial charge on any atom is 0.347 e. The van der Waals surface area contributed by atoms with Crippen molar-refractivity contribution >= 4 is 21.7 Å². The number of nitrogens with zero attached hydrogens (tertiary/aromatic N) is 1. The molecule has 4 nitrogen and oxygen atoms in total. The first kappa shape index (κ1) is 12.0. The Morgan fingerprint density at radius 2 is 2.27 bits per heavy atom. The summed E-state index contributed by atoms with van der Waals surface area (Å²) < 4.78 is 0. The van der Waals surface area contributed by atoms with Crippen molar-refractivity contribution < 1.29 is 0 Å². The molecule has 0 radical (unpaired) electrons. The van der Waals surface area contributed by atoms with Crippen LogP contribution in [0.1, 0.15) is 17.7 Å². The minimum atomic E-state index is -0.387. The van der Waals surface area contributed by atoms with Crippen LogP contribution in [0, 0.1) is 6.92 Å². The molecule has 15 heavy (non-hydrogen) atoms. The molecular weight excluding hydrogens is 258 g/mol. The molecule has 0 saturated heterocycles. The van der Waals surface area contributed by atoms with Gasteiger partial charge in [0.1, 0.15) is 5.82 Å². The van der Waals surface area contributed by atoms with Crippen LogP contribution < -0.4 is 11.4 Å². The predicted molar refractivity (Wildman–Crippen MR) is 65.3 cm³/mol. The summed E-state index contributed by atoms with van der Waals surface area (Å²) in [4.78, 5) is 17.4. The number of allylic oxidation sites excluding steroid dienone is 2. The van der Waals surface area contributed by atoms with Crippen molar-refractivity contribution in [2.75, 3.05) is 11.1 Å². The number of aromatic nitrogens is 2. The Labute approximate surface area is 96.7 Å². The lowest BCUT2D eigenvalue weighted by Gasteiger charge is -2.03. The summed E-state index contributed by atoms with van der Waals surface area (Å²) in [6.45, 7) is 1.85. The molecule has 1 heterocycles. The fourth-order valence-corrected chi connectivity index (χ4v) is 1.45. The average molecular weight is 272 g/mol. The van der Waals surface area contributed by atoms with Gasteiger partial charge in [-0.25, -0.2) is 4.79 Å². The summed E-state index contributed by atoms with van der Waals surface area (Å²) in [7, 11) is 0. The third kappa shape index (κ3) is 3.51. The number of hydrogen-bond acceptors (Lipinski definition) is 3. The van der Waals surface area contributed by atoms with E-state index >= 15 is 0 Å². The number of alkyl halides is 1. The van der Waals surface area contributed by atoms with Crippen molar-refractivity contribution in [1.82, 2.24) is 9.97 Å². The molecule has 0 unspecified atom stereocenters. The summed E-state index contributed by atoms with van der Waals surface area (Å²) in [5.74, 6) is 0.308. The molecule has 0 aromatic carbocycles. The van der Waals surface area contributed by atoms with Crippen LogP contribution in [0.25, 0.3) is 0 Å². The average Bonchev–Trinajstić information content (AvgIpc) is 2.19. The van der Waals surface area contributed by atoms with Gasteiger partial charge in [0.05, 0.1) is 0 Å². The van der Waals surface area contributed by atoms with E-state index in [-0.39, 0.29) is 5.69 Å². The lowest BCUT2D eigenvalue weighted by molar-refractivity contribution is 0.969. The highest BCUT2D eigenvalue weighted by atomic mass is 79.9. The van der Waals surface area contributed by atoms with Gasteiger partial charge < -0.3 is 10.7 Å². The summed E-state index contributed by atoms with van der Waals surface area (Å²) in [5, 5.41) is 0.942. The van der Waals surface area contributed by atoms with Crippen LogP contribution in [-0.2, 0) is 6.42 Å². The molecule has 0 fully saturated rings. The van der Waals surface area contributed by atoms with Crippen LogP contribution >= 0.6 is 15.9 Å². The first-order valence-electron chi connectivity index (χ1n) is 4.71. The monoisotopic (exact) mass is 271 g/mol. The van der Waals surface area contributed by atoms with Gasteiger partial charge in [0.25, 0.3) is 0 Å². The topological polar surface area (TPSA) is 71.8 Å². The molecule has 0 saturated carbocycles. The Bertz CT molecular complexity index is 412. The zero-order valence-corrected chi connectivity index (χ0v) is 10.2. The Morgan fingerprint density at radius 3 is 2.93 bits per heavy atom. The molecule has 0 bridgehead atoms. The van der Waals surface area contributed by atoms with Crippen molar-refractivity contribution in [1.29, 1.82) is 0 Å². The minimum Gasteiger partial charge on any atom is -0.383 e. The molecule has 82 valence electrons. The lowest BCUT2D eigenvalue weighted by atomic mass is 10.1. The van der Waals surface area contributed by atoms with Crippen LogP contribution in [0.3, 0.4) is 0 Å². The number of rotatable bonds is 4. The van der Waals surface area contributed by atoms with E-state index in [1.165, 1.54) is 0 Å². The van der Waals surface area contributed by atoms with E-state index in [0.717, 1.165) is 23.0 Å².